The van der Waals surface area contributed by atoms with E-state index in [0.29, 0.717) is 0 Å². The van der Waals surface area contributed by atoms with Crippen LogP contribution >= 0.6 is 27.3 Å². The van der Waals surface area contributed by atoms with E-state index in [2.05, 4.69) is 28.2 Å². The van der Waals surface area contributed by atoms with Gasteiger partial charge in [0.15, 0.2) is 0 Å². The van der Waals surface area contributed by atoms with Gasteiger partial charge in [-0.05, 0) is 51.6 Å². The van der Waals surface area contributed by atoms with E-state index in [-0.39, 0.29) is 11.9 Å². The van der Waals surface area contributed by atoms with Crippen LogP contribution in [0.3, 0.4) is 0 Å². The lowest BCUT2D eigenvalue weighted by atomic mass is 10.1. The predicted octanol–water partition coefficient (Wildman–Crippen LogP) is 4.35. The number of hydrogen-bond donors (Lipinski definition) is 1. The lowest BCUT2D eigenvalue weighted by Gasteiger charge is -2.17. The van der Waals surface area contributed by atoms with Crippen molar-refractivity contribution in [3.63, 3.8) is 0 Å². The maximum Gasteiger partial charge on any atom is 0.123 e. The van der Waals surface area contributed by atoms with Gasteiger partial charge < -0.3 is 5.32 Å². The molecule has 0 aliphatic rings. The van der Waals surface area contributed by atoms with Gasteiger partial charge in [0.25, 0.3) is 0 Å². The summed E-state index contributed by atoms with van der Waals surface area (Å²) in [5.41, 5.74) is 1.08. The summed E-state index contributed by atoms with van der Waals surface area (Å²) in [6.45, 7) is 2.93. The van der Waals surface area contributed by atoms with Crippen molar-refractivity contribution in [3.05, 3.63) is 56.4 Å². The number of halogens is 2. The molecular formula is C13H13BrFNS. The van der Waals surface area contributed by atoms with Crippen LogP contribution in [0, 0.1) is 5.82 Å². The minimum atomic E-state index is -0.200. The maximum atomic E-state index is 12.9. The lowest BCUT2D eigenvalue weighted by Crippen LogP contribution is -2.21. The summed E-state index contributed by atoms with van der Waals surface area (Å²) in [7, 11) is 0. The van der Waals surface area contributed by atoms with E-state index >= 15 is 0 Å². The SMILES string of the molecule is CCNC(c1ccc(F)cc1)c1sccc1Br. The summed E-state index contributed by atoms with van der Waals surface area (Å²) in [5, 5.41) is 5.47. The monoisotopic (exact) mass is 313 g/mol. The number of rotatable bonds is 4. The quantitative estimate of drug-likeness (QED) is 0.885. The van der Waals surface area contributed by atoms with Crippen LogP contribution in [0.1, 0.15) is 23.4 Å². The highest BCUT2D eigenvalue weighted by atomic mass is 79.9. The molecule has 17 heavy (non-hydrogen) atoms. The van der Waals surface area contributed by atoms with E-state index in [9.17, 15) is 4.39 Å². The highest BCUT2D eigenvalue weighted by molar-refractivity contribution is 9.10. The average molecular weight is 314 g/mol. The molecule has 0 saturated heterocycles. The van der Waals surface area contributed by atoms with Crippen LogP contribution in [0.15, 0.2) is 40.2 Å². The molecule has 0 radical (unpaired) electrons. The number of nitrogens with one attached hydrogen (secondary N) is 1. The van der Waals surface area contributed by atoms with Crippen LogP contribution in [0.5, 0.6) is 0 Å². The maximum absolute atomic E-state index is 12.9. The van der Waals surface area contributed by atoms with Gasteiger partial charge in [0.2, 0.25) is 0 Å². The van der Waals surface area contributed by atoms with Crippen LogP contribution in [-0.4, -0.2) is 6.54 Å². The summed E-state index contributed by atoms with van der Waals surface area (Å²) in [4.78, 5) is 1.22. The first-order valence-electron chi connectivity index (χ1n) is 5.44. The molecule has 1 nitrogen and oxygen atoms in total. The Hall–Kier alpha value is -0.710. The number of benzene rings is 1. The fourth-order valence-corrected chi connectivity index (χ4v) is 3.44. The first-order valence-corrected chi connectivity index (χ1v) is 7.11. The Morgan fingerprint density at radius 2 is 2.00 bits per heavy atom. The van der Waals surface area contributed by atoms with Crippen molar-refractivity contribution < 1.29 is 4.39 Å². The molecule has 0 fully saturated rings. The molecule has 90 valence electrons. The highest BCUT2D eigenvalue weighted by Crippen LogP contribution is 2.33. The third-order valence-electron chi connectivity index (χ3n) is 2.52. The molecule has 1 heterocycles. The van der Waals surface area contributed by atoms with E-state index in [0.717, 1.165) is 16.6 Å². The first kappa shape index (κ1) is 12.7. The molecule has 1 aromatic heterocycles. The van der Waals surface area contributed by atoms with Crippen molar-refractivity contribution in [2.75, 3.05) is 6.54 Å². The molecule has 0 bridgehead atoms. The molecular weight excluding hydrogens is 301 g/mol. The molecule has 0 spiro atoms. The second-order valence-corrected chi connectivity index (χ2v) is 5.48. The van der Waals surface area contributed by atoms with E-state index in [1.165, 1.54) is 17.0 Å². The van der Waals surface area contributed by atoms with Crippen LogP contribution < -0.4 is 5.32 Å². The molecule has 0 aliphatic heterocycles. The van der Waals surface area contributed by atoms with E-state index in [1.807, 2.05) is 23.6 Å². The third-order valence-corrected chi connectivity index (χ3v) is 4.45. The van der Waals surface area contributed by atoms with Gasteiger partial charge in [-0.1, -0.05) is 19.1 Å². The zero-order valence-corrected chi connectivity index (χ0v) is 11.8. The molecule has 0 aliphatic carbocycles. The Kier molecular flexibility index (Phi) is 4.31. The standard InChI is InChI=1S/C13H13BrFNS/c1-2-16-12(13-11(14)7-8-17-13)9-3-5-10(15)6-4-9/h3-8,12,16H,2H2,1H3. The molecule has 2 aromatic rings. The van der Waals surface area contributed by atoms with Crippen molar-refractivity contribution >= 4 is 27.3 Å². The highest BCUT2D eigenvalue weighted by Gasteiger charge is 2.16. The van der Waals surface area contributed by atoms with E-state index < -0.39 is 0 Å². The van der Waals surface area contributed by atoms with Crippen LogP contribution in [0.25, 0.3) is 0 Å². The summed E-state index contributed by atoms with van der Waals surface area (Å²) in [6.07, 6.45) is 0. The largest absolute Gasteiger partial charge is 0.306 e. The number of thiophene rings is 1. The Bertz CT molecular complexity index is 480. The van der Waals surface area contributed by atoms with Crippen molar-refractivity contribution in [2.45, 2.75) is 13.0 Å². The molecule has 1 aromatic carbocycles. The van der Waals surface area contributed by atoms with Crippen LogP contribution in [0.4, 0.5) is 4.39 Å². The van der Waals surface area contributed by atoms with Crippen LogP contribution in [-0.2, 0) is 0 Å². The Morgan fingerprint density at radius 1 is 1.29 bits per heavy atom. The van der Waals surface area contributed by atoms with E-state index in [4.69, 9.17) is 0 Å². The smallest absolute Gasteiger partial charge is 0.123 e. The van der Waals surface area contributed by atoms with Gasteiger partial charge in [0.05, 0.1) is 6.04 Å². The van der Waals surface area contributed by atoms with Gasteiger partial charge in [0, 0.05) is 9.35 Å². The van der Waals surface area contributed by atoms with Crippen molar-refractivity contribution in [1.82, 2.24) is 5.32 Å². The van der Waals surface area contributed by atoms with Crippen molar-refractivity contribution in [1.29, 1.82) is 0 Å². The van der Waals surface area contributed by atoms with Gasteiger partial charge in [-0.3, -0.25) is 0 Å². The van der Waals surface area contributed by atoms with Gasteiger partial charge in [-0.15, -0.1) is 11.3 Å². The van der Waals surface area contributed by atoms with Crippen molar-refractivity contribution in [2.24, 2.45) is 0 Å². The second kappa shape index (κ2) is 5.76. The summed E-state index contributed by atoms with van der Waals surface area (Å²) in [6, 6.07) is 8.81. The molecule has 4 heteroatoms. The topological polar surface area (TPSA) is 12.0 Å². The normalized spacial score (nSPS) is 12.6. The molecule has 1 atom stereocenters. The Balaban J connectivity index is 2.35. The molecule has 0 amide bonds. The predicted molar refractivity (Wildman–Crippen MR) is 73.9 cm³/mol. The Labute approximate surface area is 113 Å². The molecule has 1 N–H and O–H groups in total. The minimum absolute atomic E-state index is 0.120. The molecule has 1 unspecified atom stereocenters. The lowest BCUT2D eigenvalue weighted by molar-refractivity contribution is 0.616. The minimum Gasteiger partial charge on any atom is -0.306 e. The van der Waals surface area contributed by atoms with Gasteiger partial charge in [-0.25, -0.2) is 4.39 Å². The zero-order valence-electron chi connectivity index (χ0n) is 9.41. The van der Waals surface area contributed by atoms with Gasteiger partial charge >= 0.3 is 0 Å². The Morgan fingerprint density at radius 3 is 2.53 bits per heavy atom. The summed E-state index contributed by atoms with van der Waals surface area (Å²) >= 11 is 5.24. The van der Waals surface area contributed by atoms with Crippen molar-refractivity contribution in [3.8, 4) is 0 Å². The fraction of sp³-hybridized carbons (Fsp3) is 0.231. The average Bonchev–Trinajstić information content (AvgIpc) is 2.74. The number of hydrogen-bond acceptors (Lipinski definition) is 2. The zero-order chi connectivity index (χ0) is 12.3. The van der Waals surface area contributed by atoms with E-state index in [1.54, 1.807) is 11.3 Å². The van der Waals surface area contributed by atoms with Gasteiger partial charge in [-0.2, -0.15) is 0 Å². The summed E-state index contributed by atoms with van der Waals surface area (Å²) in [5.74, 6) is -0.200. The second-order valence-electron chi connectivity index (χ2n) is 3.68. The third kappa shape index (κ3) is 2.94. The summed E-state index contributed by atoms with van der Waals surface area (Å²) < 4.78 is 14.0. The molecule has 0 saturated carbocycles. The first-order chi connectivity index (χ1) is 8.22. The van der Waals surface area contributed by atoms with Crippen LogP contribution in [0.2, 0.25) is 0 Å². The van der Waals surface area contributed by atoms with Gasteiger partial charge in [0.1, 0.15) is 5.82 Å². The molecule has 2 rings (SSSR count). The fourth-order valence-electron chi connectivity index (χ4n) is 1.73.